The maximum atomic E-state index is 14.1. The summed E-state index contributed by atoms with van der Waals surface area (Å²) in [5.74, 6) is 0.665. The van der Waals surface area contributed by atoms with Gasteiger partial charge in [-0.2, -0.15) is 5.26 Å². The fraction of sp³-hybridized carbons (Fsp3) is 0.120. The molecule has 0 atom stereocenters. The van der Waals surface area contributed by atoms with Crippen molar-refractivity contribution < 1.29 is 13.9 Å². The van der Waals surface area contributed by atoms with Crippen LogP contribution in [0.5, 0.6) is 11.6 Å². The summed E-state index contributed by atoms with van der Waals surface area (Å²) in [5.41, 5.74) is 4.77. The van der Waals surface area contributed by atoms with Crippen LogP contribution < -0.4 is 15.1 Å². The third kappa shape index (κ3) is 3.33. The molecule has 3 aromatic heterocycles. The fourth-order valence-corrected chi connectivity index (χ4v) is 4.12. The van der Waals surface area contributed by atoms with Gasteiger partial charge in [0, 0.05) is 24.1 Å². The van der Waals surface area contributed by atoms with Gasteiger partial charge in [0.05, 0.1) is 48.9 Å². The topological polar surface area (TPSA) is 90.2 Å². The third-order valence-corrected chi connectivity index (χ3v) is 5.72. The summed E-state index contributed by atoms with van der Waals surface area (Å²) < 4.78 is 28.4. The number of fused-ring (bicyclic) bond motifs is 3. The smallest absolute Gasteiger partial charge is 0.226 e. The van der Waals surface area contributed by atoms with Crippen LogP contribution in [0.25, 0.3) is 38.8 Å². The maximum absolute atomic E-state index is 14.1. The van der Waals surface area contributed by atoms with Crippen LogP contribution in [-0.4, -0.2) is 33.3 Å². The number of nitriles is 1. The Labute approximate surface area is 193 Å². The largest absolute Gasteiger partial charge is 0.496 e. The molecule has 0 aliphatic rings. The normalized spacial score (nSPS) is 11.7. The number of imidazole rings is 1. The van der Waals surface area contributed by atoms with Crippen LogP contribution in [-0.2, 0) is 7.05 Å². The Kier molecular flexibility index (Phi) is 5.18. The zero-order valence-electron chi connectivity index (χ0n) is 18.7. The molecule has 0 N–H and O–H groups in total. The number of ether oxygens (including phenoxy) is 2. The van der Waals surface area contributed by atoms with E-state index in [1.165, 1.54) is 12.1 Å². The van der Waals surface area contributed by atoms with Gasteiger partial charge < -0.3 is 14.0 Å². The molecule has 9 heteroatoms. The molecule has 5 rings (SSSR count). The summed E-state index contributed by atoms with van der Waals surface area (Å²) in [7, 11) is 4.92. The number of hydrogen-bond acceptors (Lipinski definition) is 6. The molecule has 0 aliphatic heterocycles. The third-order valence-electron chi connectivity index (χ3n) is 5.72. The Hall–Kier alpha value is -4.71. The highest BCUT2D eigenvalue weighted by Gasteiger charge is 2.17. The second kappa shape index (κ2) is 8.33. The van der Waals surface area contributed by atoms with Crippen LogP contribution in [0.1, 0.15) is 0 Å². The van der Waals surface area contributed by atoms with Gasteiger partial charge >= 0.3 is 0 Å². The summed E-state index contributed by atoms with van der Waals surface area (Å²) in [5, 5.41) is 10.2. The highest BCUT2D eigenvalue weighted by atomic mass is 19.1. The lowest BCUT2D eigenvalue weighted by Gasteiger charge is -2.11. The molecule has 0 saturated carbocycles. The number of pyridine rings is 2. The quantitative estimate of drug-likeness (QED) is 0.381. The molecule has 5 aromatic rings. The molecule has 0 spiro atoms. The van der Waals surface area contributed by atoms with Crippen molar-refractivity contribution in [3.63, 3.8) is 0 Å². The van der Waals surface area contributed by atoms with Gasteiger partial charge in [-0.25, -0.2) is 9.37 Å². The van der Waals surface area contributed by atoms with Gasteiger partial charge in [0.2, 0.25) is 17.7 Å². The van der Waals surface area contributed by atoms with Crippen molar-refractivity contribution in [3.8, 4) is 34.6 Å². The Balaban J connectivity index is 1.89. The zero-order valence-corrected chi connectivity index (χ0v) is 18.7. The number of benzene rings is 2. The minimum absolute atomic E-state index is 0.360. The predicted octanol–water partition coefficient (Wildman–Crippen LogP) is 4.12. The standard InChI is InChI=1S/C25H19FN6O2/c1-31-21-13-28-20-7-4-15(18-11-16(26)5-8-22(18)33-2)10-19(20)24(21)32(25(31)30-14-27)17-6-9-23(34-3)29-12-17/h4-13H,1-3H3. The van der Waals surface area contributed by atoms with Gasteiger partial charge in [0.15, 0.2) is 0 Å². The lowest BCUT2D eigenvalue weighted by atomic mass is 10.0. The average molecular weight is 454 g/mol. The molecule has 0 amide bonds. The summed E-state index contributed by atoms with van der Waals surface area (Å²) in [4.78, 5) is 13.0. The van der Waals surface area contributed by atoms with Crippen molar-refractivity contribution in [1.82, 2.24) is 19.1 Å². The van der Waals surface area contributed by atoms with Gasteiger partial charge in [-0.1, -0.05) is 6.07 Å². The Morgan fingerprint density at radius 3 is 2.56 bits per heavy atom. The summed E-state index contributed by atoms with van der Waals surface area (Å²) in [6.45, 7) is 0. The van der Waals surface area contributed by atoms with E-state index in [2.05, 4.69) is 15.0 Å². The molecule has 0 unspecified atom stereocenters. The molecule has 0 fully saturated rings. The predicted molar refractivity (Wildman–Crippen MR) is 125 cm³/mol. The minimum atomic E-state index is -0.360. The van der Waals surface area contributed by atoms with Crippen LogP contribution in [0, 0.1) is 17.3 Å². The second-order valence-corrected chi connectivity index (χ2v) is 7.53. The molecular weight excluding hydrogens is 435 g/mol. The average Bonchev–Trinajstić information content (AvgIpc) is 3.15. The van der Waals surface area contributed by atoms with Crippen LogP contribution >= 0.6 is 0 Å². The highest BCUT2D eigenvalue weighted by molar-refractivity contribution is 6.04. The van der Waals surface area contributed by atoms with Crippen molar-refractivity contribution in [2.75, 3.05) is 14.2 Å². The number of aryl methyl sites for hydroxylation is 1. The Bertz CT molecular complexity index is 1660. The number of aromatic nitrogens is 4. The van der Waals surface area contributed by atoms with Crippen LogP contribution in [0.4, 0.5) is 4.39 Å². The fourth-order valence-electron chi connectivity index (χ4n) is 4.12. The van der Waals surface area contributed by atoms with Crippen LogP contribution in [0.2, 0.25) is 0 Å². The molecule has 0 saturated heterocycles. The summed E-state index contributed by atoms with van der Waals surface area (Å²) >= 11 is 0. The van der Waals surface area contributed by atoms with Crippen LogP contribution in [0.15, 0.2) is 65.9 Å². The van der Waals surface area contributed by atoms with Gasteiger partial charge in [-0.05, 0) is 42.0 Å². The van der Waals surface area contributed by atoms with Crippen molar-refractivity contribution in [1.29, 1.82) is 5.26 Å². The van der Waals surface area contributed by atoms with E-state index in [-0.39, 0.29) is 5.82 Å². The van der Waals surface area contributed by atoms with Gasteiger partial charge in [-0.15, -0.1) is 4.99 Å². The first-order chi connectivity index (χ1) is 16.5. The monoisotopic (exact) mass is 454 g/mol. The van der Waals surface area contributed by atoms with E-state index in [9.17, 15) is 9.65 Å². The number of methoxy groups -OCH3 is 2. The van der Waals surface area contributed by atoms with E-state index in [4.69, 9.17) is 9.47 Å². The van der Waals surface area contributed by atoms with Crippen LogP contribution in [0.3, 0.4) is 0 Å². The van der Waals surface area contributed by atoms with Crippen molar-refractivity contribution in [2.24, 2.45) is 12.0 Å². The molecule has 0 aliphatic carbocycles. The van der Waals surface area contributed by atoms with E-state index in [0.717, 1.165) is 27.5 Å². The molecule has 8 nitrogen and oxygen atoms in total. The lowest BCUT2D eigenvalue weighted by molar-refractivity contribution is 0.398. The van der Waals surface area contributed by atoms with Crippen molar-refractivity contribution >= 4 is 21.9 Å². The number of nitrogens with zero attached hydrogens (tertiary/aromatic N) is 6. The molecule has 0 bridgehead atoms. The molecule has 168 valence electrons. The van der Waals surface area contributed by atoms with Gasteiger partial charge in [0.1, 0.15) is 11.6 Å². The number of hydrogen-bond donors (Lipinski definition) is 0. The first-order valence-corrected chi connectivity index (χ1v) is 10.3. The van der Waals surface area contributed by atoms with Crippen molar-refractivity contribution in [3.05, 3.63) is 72.4 Å². The van der Waals surface area contributed by atoms with Crippen molar-refractivity contribution in [2.45, 2.75) is 0 Å². The van der Waals surface area contributed by atoms with E-state index < -0.39 is 0 Å². The first kappa shape index (κ1) is 21.2. The summed E-state index contributed by atoms with van der Waals surface area (Å²) in [6, 6.07) is 13.7. The Morgan fingerprint density at radius 2 is 1.85 bits per heavy atom. The van der Waals surface area contributed by atoms with Gasteiger partial charge in [0.25, 0.3) is 0 Å². The molecule has 34 heavy (non-hydrogen) atoms. The molecule has 0 radical (unpaired) electrons. The highest BCUT2D eigenvalue weighted by Crippen LogP contribution is 2.34. The molecule has 3 heterocycles. The lowest BCUT2D eigenvalue weighted by Crippen LogP contribution is -2.22. The minimum Gasteiger partial charge on any atom is -0.496 e. The van der Waals surface area contributed by atoms with E-state index >= 15 is 0 Å². The van der Waals surface area contributed by atoms with E-state index in [0.29, 0.717) is 28.5 Å². The summed E-state index contributed by atoms with van der Waals surface area (Å²) in [6.07, 6.45) is 5.28. The first-order valence-electron chi connectivity index (χ1n) is 10.3. The zero-order chi connectivity index (χ0) is 23.8. The van der Waals surface area contributed by atoms with Gasteiger partial charge in [-0.3, -0.25) is 9.55 Å². The number of halogens is 1. The molecule has 2 aromatic carbocycles. The van der Waals surface area contributed by atoms with E-state index in [1.54, 1.807) is 43.3 Å². The van der Waals surface area contributed by atoms with E-state index in [1.807, 2.05) is 42.1 Å². The number of rotatable bonds is 4. The maximum Gasteiger partial charge on any atom is 0.226 e. The second-order valence-electron chi connectivity index (χ2n) is 7.53. The SMILES string of the molecule is COc1ccc(-n2c(=NC#N)n(C)c3cnc4ccc(-c5cc(F)ccc5OC)cc4c32)cn1. The Morgan fingerprint density at radius 1 is 1.00 bits per heavy atom. The molecular formula is C25H19FN6O2.